The van der Waals surface area contributed by atoms with Crippen LogP contribution in [0.15, 0.2) is 42.5 Å². The van der Waals surface area contributed by atoms with Gasteiger partial charge in [-0.05, 0) is 69.2 Å². The van der Waals surface area contributed by atoms with Crippen LogP contribution in [0.5, 0.6) is 0 Å². The summed E-state index contributed by atoms with van der Waals surface area (Å²) in [4.78, 5) is 101. The van der Waals surface area contributed by atoms with Gasteiger partial charge >= 0.3 is 5.97 Å². The molecule has 308 valence electrons. The number of nitrogens with two attached hydrogens (primary N) is 1. The number of nitrogens with zero attached hydrogens (tertiary/aromatic N) is 3. The van der Waals surface area contributed by atoms with E-state index >= 15 is 0 Å². The molecule has 3 aliphatic heterocycles. The van der Waals surface area contributed by atoms with E-state index in [2.05, 4.69) is 16.0 Å². The van der Waals surface area contributed by atoms with Crippen LogP contribution in [-0.2, 0) is 51.1 Å². The number of ether oxygens (including phenoxy) is 1. The van der Waals surface area contributed by atoms with E-state index in [4.69, 9.17) is 10.5 Å². The number of aryl methyl sites for hydroxylation is 1. The SMILES string of the molecule is Cc1ccc(CC(=O)N[C@@H](Cc2cc(F)cc(F)c2)C(=O)N[C@@H]2C(=O)N3CCC[C@H]3C(=O)N(C)[C@@H](CN)C(=O)N[C@@H](C)C(=O)N3C[C@H](C)C[C@H]3C(=O)O[C@H]2C)cc1. The molecular formula is C40H51F2N7O8. The number of amides is 6. The molecule has 2 aromatic carbocycles. The van der Waals surface area contributed by atoms with E-state index in [1.54, 1.807) is 12.1 Å². The third-order valence-electron chi connectivity index (χ3n) is 10.8. The fourth-order valence-electron chi connectivity index (χ4n) is 7.70. The summed E-state index contributed by atoms with van der Waals surface area (Å²) in [5, 5.41) is 7.86. The lowest BCUT2D eigenvalue weighted by atomic mass is 10.0. The molecule has 0 aromatic heterocycles. The zero-order chi connectivity index (χ0) is 41.7. The Balaban J connectivity index is 1.50. The molecule has 15 nitrogen and oxygen atoms in total. The quantitative estimate of drug-likeness (QED) is 0.275. The first-order valence-electron chi connectivity index (χ1n) is 19.2. The molecule has 17 heteroatoms. The number of esters is 1. The lowest BCUT2D eigenvalue weighted by Gasteiger charge is -2.36. The van der Waals surface area contributed by atoms with Crippen molar-refractivity contribution in [3.63, 3.8) is 0 Å². The second-order valence-electron chi connectivity index (χ2n) is 15.4. The van der Waals surface area contributed by atoms with Gasteiger partial charge in [-0.1, -0.05) is 36.8 Å². The van der Waals surface area contributed by atoms with Crippen molar-refractivity contribution >= 4 is 41.4 Å². The first-order valence-corrected chi connectivity index (χ1v) is 19.2. The number of carbonyl (C=O) groups excluding carboxylic acids is 7. The minimum Gasteiger partial charge on any atom is -0.458 e. The highest BCUT2D eigenvalue weighted by Gasteiger charge is 2.46. The average molecular weight is 796 g/mol. The fraction of sp³-hybridized carbons (Fsp3) is 0.525. The Kier molecular flexibility index (Phi) is 13.6. The van der Waals surface area contributed by atoms with Gasteiger partial charge in [0.25, 0.3) is 0 Å². The Morgan fingerprint density at radius 1 is 0.930 bits per heavy atom. The Hall–Kier alpha value is -5.45. The minimum absolute atomic E-state index is 0.0353. The van der Waals surface area contributed by atoms with Gasteiger partial charge in [-0.3, -0.25) is 28.8 Å². The number of carbonyl (C=O) groups is 7. The Morgan fingerprint density at radius 3 is 2.25 bits per heavy atom. The Labute approximate surface area is 330 Å². The fourth-order valence-corrected chi connectivity index (χ4v) is 7.70. The summed E-state index contributed by atoms with van der Waals surface area (Å²) < 4.78 is 34.4. The predicted octanol–water partition coefficient (Wildman–Crippen LogP) is 0.492. The van der Waals surface area contributed by atoms with Crippen molar-refractivity contribution in [3.05, 3.63) is 70.8 Å². The van der Waals surface area contributed by atoms with Crippen LogP contribution in [0.25, 0.3) is 0 Å². The van der Waals surface area contributed by atoms with Gasteiger partial charge in [0.2, 0.25) is 35.4 Å². The molecule has 0 bridgehead atoms. The summed E-state index contributed by atoms with van der Waals surface area (Å²) in [6.45, 7) is 6.52. The maximum absolute atomic E-state index is 14.6. The number of fused-ring (bicyclic) bond motifs is 2. The van der Waals surface area contributed by atoms with Gasteiger partial charge in [-0.15, -0.1) is 0 Å². The number of hydrogen-bond donors (Lipinski definition) is 4. The summed E-state index contributed by atoms with van der Waals surface area (Å²) in [5.74, 6) is -7.02. The molecule has 3 saturated heterocycles. The van der Waals surface area contributed by atoms with Crippen LogP contribution in [0.4, 0.5) is 8.78 Å². The van der Waals surface area contributed by atoms with E-state index < -0.39 is 95.4 Å². The van der Waals surface area contributed by atoms with Gasteiger partial charge in [0.15, 0.2) is 0 Å². The Morgan fingerprint density at radius 2 is 1.60 bits per heavy atom. The summed E-state index contributed by atoms with van der Waals surface area (Å²) in [6, 6.07) is 2.22. The van der Waals surface area contributed by atoms with Crippen molar-refractivity contribution in [3.8, 4) is 0 Å². The van der Waals surface area contributed by atoms with Crippen molar-refractivity contribution < 1.29 is 47.1 Å². The van der Waals surface area contributed by atoms with E-state index in [1.807, 2.05) is 26.0 Å². The van der Waals surface area contributed by atoms with Gasteiger partial charge in [0.05, 0.1) is 6.42 Å². The van der Waals surface area contributed by atoms with Crippen molar-refractivity contribution in [2.45, 2.75) is 102 Å². The van der Waals surface area contributed by atoms with Crippen LogP contribution in [0, 0.1) is 24.5 Å². The molecular weight excluding hydrogens is 744 g/mol. The second kappa shape index (κ2) is 18.2. The molecule has 5 rings (SSSR count). The van der Waals surface area contributed by atoms with E-state index in [-0.39, 0.29) is 56.8 Å². The third kappa shape index (κ3) is 10.1. The predicted molar refractivity (Wildman–Crippen MR) is 202 cm³/mol. The summed E-state index contributed by atoms with van der Waals surface area (Å²) in [5.41, 5.74) is 7.60. The largest absolute Gasteiger partial charge is 0.458 e. The van der Waals surface area contributed by atoms with Crippen LogP contribution >= 0.6 is 0 Å². The van der Waals surface area contributed by atoms with Gasteiger partial charge < -0.3 is 41.1 Å². The number of benzene rings is 2. The number of hydrogen-bond acceptors (Lipinski definition) is 9. The molecule has 3 aliphatic rings. The van der Waals surface area contributed by atoms with Crippen LogP contribution in [0.1, 0.15) is 56.7 Å². The third-order valence-corrected chi connectivity index (χ3v) is 10.8. The average Bonchev–Trinajstić information content (AvgIpc) is 3.80. The normalized spacial score (nSPS) is 26.7. The monoisotopic (exact) mass is 795 g/mol. The van der Waals surface area contributed by atoms with E-state index in [0.29, 0.717) is 18.1 Å². The second-order valence-corrected chi connectivity index (χ2v) is 15.4. The van der Waals surface area contributed by atoms with E-state index in [0.717, 1.165) is 22.6 Å². The molecule has 0 aliphatic carbocycles. The van der Waals surface area contributed by atoms with Crippen LogP contribution in [0.2, 0.25) is 0 Å². The molecule has 3 heterocycles. The maximum Gasteiger partial charge on any atom is 0.329 e. The molecule has 0 saturated carbocycles. The summed E-state index contributed by atoms with van der Waals surface area (Å²) in [7, 11) is 1.37. The minimum atomic E-state index is -1.63. The Bertz CT molecular complexity index is 1860. The number of likely N-dealkylation sites (N-methyl/N-ethyl adjacent to an activating group) is 1. The molecule has 3 fully saturated rings. The van der Waals surface area contributed by atoms with Crippen molar-refractivity contribution in [2.75, 3.05) is 26.7 Å². The van der Waals surface area contributed by atoms with E-state index in [9.17, 15) is 42.3 Å². The van der Waals surface area contributed by atoms with Crippen LogP contribution in [-0.4, -0.2) is 125 Å². The smallest absolute Gasteiger partial charge is 0.329 e. The lowest BCUT2D eigenvalue weighted by molar-refractivity contribution is -0.162. The highest BCUT2D eigenvalue weighted by molar-refractivity contribution is 5.98. The lowest BCUT2D eigenvalue weighted by Crippen LogP contribution is -2.63. The molecule has 0 spiro atoms. The molecule has 6 amide bonds. The number of cyclic esters (lactones) is 1. The van der Waals surface area contributed by atoms with Crippen molar-refractivity contribution in [1.82, 2.24) is 30.7 Å². The number of rotatable bonds is 8. The van der Waals surface area contributed by atoms with Crippen molar-refractivity contribution in [1.29, 1.82) is 0 Å². The molecule has 57 heavy (non-hydrogen) atoms. The first-order chi connectivity index (χ1) is 27.0. The topological polar surface area (TPSA) is 201 Å². The summed E-state index contributed by atoms with van der Waals surface area (Å²) in [6.07, 6.45) is -1.10. The molecule has 8 atom stereocenters. The number of nitrogens with one attached hydrogen (secondary N) is 3. The highest BCUT2D eigenvalue weighted by Crippen LogP contribution is 2.27. The highest BCUT2D eigenvalue weighted by atomic mass is 19.1. The molecule has 0 radical (unpaired) electrons. The zero-order valence-corrected chi connectivity index (χ0v) is 32.8. The van der Waals surface area contributed by atoms with Gasteiger partial charge in [-0.25, -0.2) is 13.6 Å². The van der Waals surface area contributed by atoms with E-state index in [1.165, 1.54) is 30.7 Å². The molecule has 2 aromatic rings. The maximum atomic E-state index is 14.6. The van der Waals surface area contributed by atoms with Gasteiger partial charge in [0, 0.05) is 39.2 Å². The van der Waals surface area contributed by atoms with Crippen molar-refractivity contribution in [2.24, 2.45) is 11.7 Å². The van der Waals surface area contributed by atoms with Crippen LogP contribution < -0.4 is 21.7 Å². The molecule has 0 unspecified atom stereocenters. The number of halogens is 2. The molecule has 5 N–H and O–H groups in total. The summed E-state index contributed by atoms with van der Waals surface area (Å²) >= 11 is 0. The first kappa shape index (κ1) is 42.7. The van der Waals surface area contributed by atoms with Gasteiger partial charge in [0.1, 0.15) is 54.0 Å². The standard InChI is InChI=1S/C40H51F2N7O8/c1-21-8-10-25(11-9-21)17-33(50)45-29(16-26-14-27(41)18-28(42)15-26)35(51)46-34-24(4)57-40(56)31-13-22(2)20-49(31)37(53)23(3)44-36(52)32(19-43)47(5)38(54)30-7-6-12-48(30)39(34)55/h8-11,14-15,18,22-24,29-32,34H,6-7,12-13,16-17,19-20,43H2,1-5H3,(H,44,52)(H,45,50)(H,46,51)/t22-,23+,24+,29+,30+,31+,32+,34+/m1/s1. The van der Waals surface area contributed by atoms with Gasteiger partial charge in [-0.2, -0.15) is 0 Å². The van der Waals surface area contributed by atoms with Crippen LogP contribution in [0.3, 0.4) is 0 Å². The zero-order valence-electron chi connectivity index (χ0n) is 32.8.